The van der Waals surface area contributed by atoms with Gasteiger partial charge in [0.25, 0.3) is 0 Å². The minimum absolute atomic E-state index is 0.215. The SMILES string of the molecule is COC(=O)[C@@H](CSC(SC[C@@H](NC(C)=O)C(=O)OC)c1ccc(OC)cc1)NC(C)=O. The summed E-state index contributed by atoms with van der Waals surface area (Å²) < 4.78 is 14.5. The van der Waals surface area contributed by atoms with Crippen LogP contribution in [0.1, 0.15) is 24.0 Å². The predicted octanol–water partition coefficient (Wildman–Crippen LogP) is 1.52. The van der Waals surface area contributed by atoms with E-state index >= 15 is 0 Å². The van der Waals surface area contributed by atoms with Gasteiger partial charge in [0.1, 0.15) is 17.8 Å². The number of hydrogen-bond acceptors (Lipinski definition) is 9. The molecule has 0 aliphatic rings. The molecule has 0 radical (unpaired) electrons. The average molecular weight is 473 g/mol. The third-order valence-corrected chi connectivity index (χ3v) is 6.96. The molecule has 0 aromatic heterocycles. The van der Waals surface area contributed by atoms with E-state index < -0.39 is 24.0 Å². The molecular weight excluding hydrogens is 444 g/mol. The first kappa shape index (κ1) is 26.6. The van der Waals surface area contributed by atoms with E-state index in [2.05, 4.69) is 10.6 Å². The summed E-state index contributed by atoms with van der Waals surface area (Å²) in [6.45, 7) is 2.65. The first-order valence-electron chi connectivity index (χ1n) is 9.28. The Hall–Kier alpha value is -2.40. The molecule has 0 heterocycles. The molecule has 0 bridgehead atoms. The largest absolute Gasteiger partial charge is 0.497 e. The van der Waals surface area contributed by atoms with E-state index in [0.29, 0.717) is 5.75 Å². The highest BCUT2D eigenvalue weighted by molar-refractivity contribution is 8.16. The van der Waals surface area contributed by atoms with Crippen molar-refractivity contribution in [2.75, 3.05) is 32.8 Å². The van der Waals surface area contributed by atoms with E-state index in [1.807, 2.05) is 12.1 Å². The molecule has 1 rings (SSSR count). The van der Waals surface area contributed by atoms with Crippen LogP contribution in [-0.4, -0.2) is 68.7 Å². The minimum Gasteiger partial charge on any atom is -0.497 e. The Kier molecular flexibility index (Phi) is 11.9. The van der Waals surface area contributed by atoms with Crippen molar-refractivity contribution >= 4 is 47.3 Å². The van der Waals surface area contributed by atoms with Crippen LogP contribution in [0, 0.1) is 0 Å². The van der Waals surface area contributed by atoms with E-state index in [0.717, 1.165) is 5.56 Å². The monoisotopic (exact) mass is 472 g/mol. The summed E-state index contributed by atoms with van der Waals surface area (Å²) in [6.07, 6.45) is 0. The molecule has 2 N–H and O–H groups in total. The summed E-state index contributed by atoms with van der Waals surface area (Å²) in [5.41, 5.74) is 0.911. The fourth-order valence-corrected chi connectivity index (χ4v) is 5.21. The summed E-state index contributed by atoms with van der Waals surface area (Å²) in [7, 11) is 4.08. The number of benzene rings is 1. The quantitative estimate of drug-likeness (QED) is 0.344. The second-order valence-corrected chi connectivity index (χ2v) is 8.90. The molecule has 1 aromatic carbocycles. The second kappa shape index (κ2) is 13.8. The number of methoxy groups -OCH3 is 3. The molecule has 172 valence electrons. The Morgan fingerprint density at radius 3 is 1.55 bits per heavy atom. The molecule has 0 unspecified atom stereocenters. The van der Waals surface area contributed by atoms with Gasteiger partial charge in [-0.25, -0.2) is 9.59 Å². The smallest absolute Gasteiger partial charge is 0.329 e. The van der Waals surface area contributed by atoms with Crippen LogP contribution in [-0.2, 0) is 28.7 Å². The van der Waals surface area contributed by atoms with Crippen molar-refractivity contribution in [1.29, 1.82) is 0 Å². The van der Waals surface area contributed by atoms with E-state index in [1.165, 1.54) is 51.6 Å². The molecule has 11 heteroatoms. The summed E-state index contributed by atoms with van der Waals surface area (Å²) >= 11 is 2.81. The number of rotatable bonds is 12. The summed E-state index contributed by atoms with van der Waals surface area (Å²) in [5, 5.41) is 5.16. The number of nitrogens with one attached hydrogen (secondary N) is 2. The predicted molar refractivity (Wildman–Crippen MR) is 120 cm³/mol. The van der Waals surface area contributed by atoms with Gasteiger partial charge in [-0.15, -0.1) is 23.5 Å². The summed E-state index contributed by atoms with van der Waals surface area (Å²) in [6, 6.07) is 5.73. The maximum Gasteiger partial charge on any atom is 0.329 e. The number of carbonyl (C=O) groups excluding carboxylic acids is 4. The Balaban J connectivity index is 3.01. The fourth-order valence-electron chi connectivity index (χ4n) is 2.48. The lowest BCUT2D eigenvalue weighted by Crippen LogP contribution is -2.43. The van der Waals surface area contributed by atoms with E-state index in [-0.39, 0.29) is 27.9 Å². The second-order valence-electron chi connectivity index (χ2n) is 6.32. The fraction of sp³-hybridized carbons (Fsp3) is 0.500. The number of esters is 2. The molecule has 0 fully saturated rings. The first-order valence-corrected chi connectivity index (χ1v) is 11.4. The van der Waals surface area contributed by atoms with E-state index in [1.54, 1.807) is 19.2 Å². The van der Waals surface area contributed by atoms with Crippen LogP contribution in [0.3, 0.4) is 0 Å². The molecule has 0 saturated heterocycles. The number of ether oxygens (including phenoxy) is 3. The number of thioether (sulfide) groups is 2. The molecule has 31 heavy (non-hydrogen) atoms. The third-order valence-electron chi connectivity index (χ3n) is 3.94. The van der Waals surface area contributed by atoms with E-state index in [4.69, 9.17) is 14.2 Å². The Labute approximate surface area is 190 Å². The van der Waals surface area contributed by atoms with Gasteiger partial charge < -0.3 is 24.8 Å². The first-order chi connectivity index (χ1) is 14.7. The molecule has 0 aliphatic heterocycles. The van der Waals surface area contributed by atoms with Crippen molar-refractivity contribution in [1.82, 2.24) is 10.6 Å². The minimum atomic E-state index is -0.819. The van der Waals surface area contributed by atoms with Crippen LogP contribution in [0.5, 0.6) is 5.75 Å². The Morgan fingerprint density at radius 1 is 0.806 bits per heavy atom. The lowest BCUT2D eigenvalue weighted by molar-refractivity contribution is -0.144. The number of hydrogen-bond donors (Lipinski definition) is 2. The van der Waals surface area contributed by atoms with Gasteiger partial charge in [-0.05, 0) is 17.7 Å². The van der Waals surface area contributed by atoms with Gasteiger partial charge in [-0.3, -0.25) is 9.59 Å². The molecule has 9 nitrogen and oxygen atoms in total. The lowest BCUT2D eigenvalue weighted by atomic mass is 10.2. The van der Waals surface area contributed by atoms with Crippen molar-refractivity contribution in [2.45, 2.75) is 30.5 Å². The van der Waals surface area contributed by atoms with Gasteiger partial charge in [-0.1, -0.05) is 12.1 Å². The van der Waals surface area contributed by atoms with E-state index in [9.17, 15) is 19.2 Å². The molecular formula is C20H28N2O7S2. The number of amides is 2. The van der Waals surface area contributed by atoms with Crippen molar-refractivity contribution < 1.29 is 33.4 Å². The van der Waals surface area contributed by atoms with Crippen LogP contribution in [0.2, 0.25) is 0 Å². The van der Waals surface area contributed by atoms with Gasteiger partial charge >= 0.3 is 11.9 Å². The van der Waals surface area contributed by atoms with Gasteiger partial charge in [0.2, 0.25) is 11.8 Å². The molecule has 2 atom stereocenters. The normalized spacial score (nSPS) is 12.5. The number of carbonyl (C=O) groups is 4. The Bertz CT molecular complexity index is 718. The van der Waals surface area contributed by atoms with Crippen molar-refractivity contribution in [3.63, 3.8) is 0 Å². The zero-order valence-corrected chi connectivity index (χ0v) is 19.8. The van der Waals surface area contributed by atoms with Crippen LogP contribution >= 0.6 is 23.5 Å². The average Bonchev–Trinajstić information content (AvgIpc) is 2.75. The van der Waals surface area contributed by atoms with Gasteiger partial charge in [0.15, 0.2) is 0 Å². The molecule has 1 aromatic rings. The topological polar surface area (TPSA) is 120 Å². The van der Waals surface area contributed by atoms with Crippen molar-refractivity contribution in [2.24, 2.45) is 0 Å². The third kappa shape index (κ3) is 9.52. The molecule has 0 aliphatic carbocycles. The van der Waals surface area contributed by atoms with Crippen LogP contribution < -0.4 is 15.4 Å². The maximum absolute atomic E-state index is 12.0. The molecule has 0 saturated carbocycles. The highest BCUT2D eigenvalue weighted by atomic mass is 32.2. The molecule has 2 amide bonds. The van der Waals surface area contributed by atoms with Crippen LogP contribution in [0.25, 0.3) is 0 Å². The van der Waals surface area contributed by atoms with Crippen LogP contribution in [0.4, 0.5) is 0 Å². The highest BCUT2D eigenvalue weighted by Crippen LogP contribution is 2.40. The Morgan fingerprint density at radius 2 is 1.23 bits per heavy atom. The van der Waals surface area contributed by atoms with Crippen molar-refractivity contribution in [3.05, 3.63) is 29.8 Å². The summed E-state index contributed by atoms with van der Waals surface area (Å²) in [5.74, 6) is -0.604. The lowest BCUT2D eigenvalue weighted by Gasteiger charge is -2.23. The highest BCUT2D eigenvalue weighted by Gasteiger charge is 2.26. The molecule has 0 spiro atoms. The maximum atomic E-state index is 12.0. The van der Waals surface area contributed by atoms with Gasteiger partial charge in [0.05, 0.1) is 25.9 Å². The zero-order chi connectivity index (χ0) is 23.4. The van der Waals surface area contributed by atoms with Gasteiger partial charge in [-0.2, -0.15) is 0 Å². The van der Waals surface area contributed by atoms with Gasteiger partial charge in [0, 0.05) is 25.4 Å². The van der Waals surface area contributed by atoms with Crippen molar-refractivity contribution in [3.8, 4) is 5.75 Å². The van der Waals surface area contributed by atoms with Crippen LogP contribution in [0.15, 0.2) is 24.3 Å². The summed E-state index contributed by atoms with van der Waals surface area (Å²) in [4.78, 5) is 46.9. The zero-order valence-electron chi connectivity index (χ0n) is 18.1. The standard InChI is InChI=1S/C20H28N2O7S2/c1-12(23)21-16(18(25)28-4)10-30-20(14-6-8-15(27-3)9-7-14)31-11-17(19(26)29-5)22-13(2)24/h6-9,16-17,20H,10-11H2,1-5H3,(H,21,23)(H,22,24)/t16-,17-/m1/s1.